The molecule has 154 valence electrons. The van der Waals surface area contributed by atoms with Crippen molar-refractivity contribution in [3.05, 3.63) is 59.2 Å². The van der Waals surface area contributed by atoms with E-state index in [0.717, 1.165) is 55.7 Å². The molecule has 1 aliphatic carbocycles. The SMILES string of the molecule is COc1ccc(OC)c([C@H]2CCCN2CC(=O)N[C@@H]2CCCc3ccccc32)c1. The van der Waals surface area contributed by atoms with Gasteiger partial charge in [-0.05, 0) is 68.0 Å². The summed E-state index contributed by atoms with van der Waals surface area (Å²) in [6, 6.07) is 14.7. The highest BCUT2D eigenvalue weighted by molar-refractivity contribution is 5.78. The molecule has 0 saturated carbocycles. The molecule has 2 aromatic rings. The zero-order valence-electron chi connectivity index (χ0n) is 17.3. The van der Waals surface area contributed by atoms with Crippen molar-refractivity contribution in [2.24, 2.45) is 0 Å². The van der Waals surface area contributed by atoms with Gasteiger partial charge in [0.2, 0.25) is 5.91 Å². The molecule has 1 heterocycles. The largest absolute Gasteiger partial charge is 0.497 e. The molecule has 5 heteroatoms. The van der Waals surface area contributed by atoms with Crippen LogP contribution in [0.15, 0.2) is 42.5 Å². The number of methoxy groups -OCH3 is 2. The molecular weight excluding hydrogens is 364 g/mol. The molecule has 1 N–H and O–H groups in total. The zero-order valence-corrected chi connectivity index (χ0v) is 17.3. The Morgan fingerprint density at radius 1 is 1.07 bits per heavy atom. The summed E-state index contributed by atoms with van der Waals surface area (Å²) in [6.45, 7) is 1.32. The normalized spacial score (nSPS) is 21.4. The average molecular weight is 395 g/mol. The van der Waals surface area contributed by atoms with Gasteiger partial charge in [0.15, 0.2) is 0 Å². The quantitative estimate of drug-likeness (QED) is 0.804. The standard InChI is InChI=1S/C24H30N2O3/c1-28-18-12-13-23(29-2)20(15-18)22-11-6-14-26(22)16-24(27)25-21-10-5-8-17-7-3-4-9-19(17)21/h3-4,7,9,12-13,15,21-22H,5-6,8,10-11,14,16H2,1-2H3,(H,25,27)/t21-,22-/m1/s1. The number of nitrogens with zero attached hydrogens (tertiary/aromatic N) is 1. The van der Waals surface area contributed by atoms with Gasteiger partial charge in [0, 0.05) is 11.6 Å². The van der Waals surface area contributed by atoms with E-state index < -0.39 is 0 Å². The molecule has 2 atom stereocenters. The third-order valence-electron chi connectivity index (χ3n) is 6.21. The second-order valence-electron chi connectivity index (χ2n) is 7.95. The van der Waals surface area contributed by atoms with Gasteiger partial charge in [-0.3, -0.25) is 9.69 Å². The number of carbonyl (C=O) groups excluding carboxylic acids is 1. The fourth-order valence-electron chi connectivity index (χ4n) is 4.80. The van der Waals surface area contributed by atoms with Crippen LogP contribution in [0, 0.1) is 0 Å². The number of aryl methyl sites for hydroxylation is 1. The van der Waals surface area contributed by atoms with Crippen LogP contribution in [0.4, 0.5) is 0 Å². The van der Waals surface area contributed by atoms with Gasteiger partial charge in [0.1, 0.15) is 11.5 Å². The smallest absolute Gasteiger partial charge is 0.234 e. The van der Waals surface area contributed by atoms with Gasteiger partial charge in [0.05, 0.1) is 26.8 Å². The lowest BCUT2D eigenvalue weighted by Crippen LogP contribution is -2.39. The molecule has 0 radical (unpaired) electrons. The van der Waals surface area contributed by atoms with E-state index >= 15 is 0 Å². The van der Waals surface area contributed by atoms with Crippen LogP contribution < -0.4 is 14.8 Å². The lowest BCUT2D eigenvalue weighted by molar-refractivity contribution is -0.123. The Labute approximate surface area is 173 Å². The number of hydrogen-bond acceptors (Lipinski definition) is 4. The summed E-state index contributed by atoms with van der Waals surface area (Å²) in [5.41, 5.74) is 3.74. The molecule has 1 fully saturated rings. The average Bonchev–Trinajstić information content (AvgIpc) is 3.21. The summed E-state index contributed by atoms with van der Waals surface area (Å²) in [7, 11) is 3.37. The van der Waals surface area contributed by atoms with Gasteiger partial charge in [0.25, 0.3) is 0 Å². The molecule has 1 aliphatic heterocycles. The van der Waals surface area contributed by atoms with Crippen molar-refractivity contribution in [1.29, 1.82) is 0 Å². The third-order valence-corrected chi connectivity index (χ3v) is 6.21. The zero-order chi connectivity index (χ0) is 20.2. The second kappa shape index (κ2) is 8.87. The first-order valence-corrected chi connectivity index (χ1v) is 10.5. The number of ether oxygens (including phenoxy) is 2. The molecule has 0 bridgehead atoms. The van der Waals surface area contributed by atoms with Gasteiger partial charge < -0.3 is 14.8 Å². The van der Waals surface area contributed by atoms with Gasteiger partial charge in [-0.2, -0.15) is 0 Å². The van der Waals surface area contributed by atoms with Crippen molar-refractivity contribution in [2.45, 2.75) is 44.2 Å². The molecule has 4 rings (SSSR count). The number of benzene rings is 2. The van der Waals surface area contributed by atoms with Crippen molar-refractivity contribution in [1.82, 2.24) is 10.2 Å². The first-order chi connectivity index (χ1) is 14.2. The minimum atomic E-state index is 0.0977. The van der Waals surface area contributed by atoms with Crippen LogP contribution in [0.2, 0.25) is 0 Å². The van der Waals surface area contributed by atoms with E-state index in [4.69, 9.17) is 9.47 Å². The highest BCUT2D eigenvalue weighted by atomic mass is 16.5. The molecule has 0 unspecified atom stereocenters. The Morgan fingerprint density at radius 2 is 1.93 bits per heavy atom. The number of rotatable bonds is 6. The fourth-order valence-corrected chi connectivity index (χ4v) is 4.80. The van der Waals surface area contributed by atoms with E-state index in [9.17, 15) is 4.79 Å². The minimum Gasteiger partial charge on any atom is -0.497 e. The Hall–Kier alpha value is -2.53. The van der Waals surface area contributed by atoms with Crippen LogP contribution in [-0.4, -0.2) is 38.1 Å². The lowest BCUT2D eigenvalue weighted by atomic mass is 9.88. The van der Waals surface area contributed by atoms with Gasteiger partial charge >= 0.3 is 0 Å². The van der Waals surface area contributed by atoms with Gasteiger partial charge in [-0.1, -0.05) is 24.3 Å². The molecule has 0 aromatic heterocycles. The summed E-state index contributed by atoms with van der Waals surface area (Å²) in [6.07, 6.45) is 5.32. The molecule has 2 aromatic carbocycles. The van der Waals surface area contributed by atoms with Crippen LogP contribution >= 0.6 is 0 Å². The molecule has 1 amide bonds. The van der Waals surface area contributed by atoms with Crippen LogP contribution in [-0.2, 0) is 11.2 Å². The van der Waals surface area contributed by atoms with Crippen LogP contribution in [0.5, 0.6) is 11.5 Å². The first-order valence-electron chi connectivity index (χ1n) is 10.5. The van der Waals surface area contributed by atoms with Crippen molar-refractivity contribution in [3.8, 4) is 11.5 Å². The summed E-state index contributed by atoms with van der Waals surface area (Å²) >= 11 is 0. The minimum absolute atomic E-state index is 0.0977. The number of nitrogens with one attached hydrogen (secondary N) is 1. The topological polar surface area (TPSA) is 50.8 Å². The summed E-state index contributed by atoms with van der Waals surface area (Å²) in [5, 5.41) is 3.29. The van der Waals surface area contributed by atoms with Crippen molar-refractivity contribution < 1.29 is 14.3 Å². The van der Waals surface area contributed by atoms with E-state index in [1.54, 1.807) is 14.2 Å². The van der Waals surface area contributed by atoms with Gasteiger partial charge in [-0.15, -0.1) is 0 Å². The monoisotopic (exact) mass is 394 g/mol. The Morgan fingerprint density at radius 3 is 2.76 bits per heavy atom. The maximum atomic E-state index is 12.9. The molecule has 29 heavy (non-hydrogen) atoms. The molecule has 1 saturated heterocycles. The second-order valence-corrected chi connectivity index (χ2v) is 7.95. The molecule has 5 nitrogen and oxygen atoms in total. The third kappa shape index (κ3) is 4.25. The fraction of sp³-hybridized carbons (Fsp3) is 0.458. The highest BCUT2D eigenvalue weighted by Crippen LogP contribution is 2.38. The van der Waals surface area contributed by atoms with Crippen molar-refractivity contribution in [2.75, 3.05) is 27.3 Å². The van der Waals surface area contributed by atoms with E-state index in [1.165, 1.54) is 11.1 Å². The van der Waals surface area contributed by atoms with Crippen LogP contribution in [0.3, 0.4) is 0 Å². The predicted octanol–water partition coefficient (Wildman–Crippen LogP) is 4.03. The molecule has 0 spiro atoms. The number of fused-ring (bicyclic) bond motifs is 1. The highest BCUT2D eigenvalue weighted by Gasteiger charge is 2.31. The van der Waals surface area contributed by atoms with Gasteiger partial charge in [-0.25, -0.2) is 0 Å². The number of amides is 1. The van der Waals surface area contributed by atoms with E-state index in [-0.39, 0.29) is 18.0 Å². The Bertz CT molecular complexity index is 867. The summed E-state index contributed by atoms with van der Waals surface area (Å²) in [5.74, 6) is 1.76. The molecular formula is C24H30N2O3. The van der Waals surface area contributed by atoms with Crippen molar-refractivity contribution in [3.63, 3.8) is 0 Å². The van der Waals surface area contributed by atoms with Crippen LogP contribution in [0.1, 0.15) is 54.5 Å². The number of likely N-dealkylation sites (tertiary alicyclic amines) is 1. The predicted molar refractivity (Wildman–Crippen MR) is 113 cm³/mol. The van der Waals surface area contributed by atoms with E-state index in [0.29, 0.717) is 6.54 Å². The first kappa shape index (κ1) is 19.8. The van der Waals surface area contributed by atoms with Crippen molar-refractivity contribution >= 4 is 5.91 Å². The molecule has 2 aliphatic rings. The maximum absolute atomic E-state index is 12.9. The Kier molecular flexibility index (Phi) is 6.05. The Balaban J connectivity index is 1.46. The number of carbonyl (C=O) groups is 1. The van der Waals surface area contributed by atoms with E-state index in [1.807, 2.05) is 18.2 Å². The van der Waals surface area contributed by atoms with E-state index in [2.05, 4.69) is 34.5 Å². The van der Waals surface area contributed by atoms with Crippen LogP contribution in [0.25, 0.3) is 0 Å². The summed E-state index contributed by atoms with van der Waals surface area (Å²) in [4.78, 5) is 15.2. The summed E-state index contributed by atoms with van der Waals surface area (Å²) < 4.78 is 11.0. The number of hydrogen-bond donors (Lipinski definition) is 1. The lowest BCUT2D eigenvalue weighted by Gasteiger charge is -2.29. The maximum Gasteiger partial charge on any atom is 0.234 e.